The van der Waals surface area contributed by atoms with Crippen molar-refractivity contribution in [1.29, 1.82) is 0 Å². The summed E-state index contributed by atoms with van der Waals surface area (Å²) in [6.07, 6.45) is 0. The Bertz CT molecular complexity index is 1050. The number of amides is 2. The second-order valence-electron chi connectivity index (χ2n) is 6.79. The first-order valence-corrected chi connectivity index (χ1v) is 10.7. The predicted octanol–water partition coefficient (Wildman–Crippen LogP) is 4.05. The number of methoxy groups -OCH3 is 1. The van der Waals surface area contributed by atoms with Gasteiger partial charge in [-0.2, -0.15) is 0 Å². The molecule has 0 unspecified atom stereocenters. The Kier molecular flexibility index (Phi) is 7.30. The molecule has 2 amide bonds. The lowest BCUT2D eigenvalue weighted by Crippen LogP contribution is -2.23. The number of nitrogens with one attached hydrogen (secondary N) is 2. The summed E-state index contributed by atoms with van der Waals surface area (Å²) in [5, 5.41) is 14.5. The molecule has 1 atom stereocenters. The molecule has 0 aliphatic rings. The van der Waals surface area contributed by atoms with Gasteiger partial charge in [-0.05, 0) is 62.4 Å². The van der Waals surface area contributed by atoms with Gasteiger partial charge in [-0.15, -0.1) is 10.2 Å². The Balaban J connectivity index is 1.68. The summed E-state index contributed by atoms with van der Waals surface area (Å²) >= 11 is 1.35. The molecule has 0 aliphatic carbocycles. The van der Waals surface area contributed by atoms with Crippen LogP contribution < -0.4 is 15.4 Å². The average molecular weight is 440 g/mol. The molecule has 0 fully saturated rings. The molecule has 0 bridgehead atoms. The SMILES string of the molecule is CCn1c(S[C@@H](C)C(=O)Nc2ccc(NC(C)=O)cc2)nnc1-c1ccc(OC)cc1. The van der Waals surface area contributed by atoms with Gasteiger partial charge in [0.05, 0.1) is 12.4 Å². The van der Waals surface area contributed by atoms with Crippen LogP contribution >= 0.6 is 11.8 Å². The van der Waals surface area contributed by atoms with Crippen molar-refractivity contribution >= 4 is 35.0 Å². The molecule has 0 aliphatic heterocycles. The Labute approximate surface area is 185 Å². The molecule has 0 radical (unpaired) electrons. The van der Waals surface area contributed by atoms with Crippen LogP contribution in [0.25, 0.3) is 11.4 Å². The van der Waals surface area contributed by atoms with Crippen LogP contribution in [-0.2, 0) is 16.1 Å². The minimum absolute atomic E-state index is 0.143. The first-order chi connectivity index (χ1) is 14.9. The maximum Gasteiger partial charge on any atom is 0.237 e. The number of carbonyl (C=O) groups excluding carboxylic acids is 2. The van der Waals surface area contributed by atoms with Gasteiger partial charge in [-0.25, -0.2) is 0 Å². The first kappa shape index (κ1) is 22.4. The van der Waals surface area contributed by atoms with Crippen LogP contribution in [0.5, 0.6) is 5.75 Å². The Morgan fingerprint density at radius 3 is 2.19 bits per heavy atom. The molecule has 2 N–H and O–H groups in total. The number of anilines is 2. The molecule has 0 spiro atoms. The van der Waals surface area contributed by atoms with E-state index in [4.69, 9.17) is 4.74 Å². The van der Waals surface area contributed by atoms with Crippen molar-refractivity contribution in [2.75, 3.05) is 17.7 Å². The fraction of sp³-hybridized carbons (Fsp3) is 0.273. The normalized spacial score (nSPS) is 11.6. The Hall–Kier alpha value is -3.33. The lowest BCUT2D eigenvalue weighted by Gasteiger charge is -2.13. The number of benzene rings is 2. The highest BCUT2D eigenvalue weighted by atomic mass is 32.2. The topological polar surface area (TPSA) is 98.1 Å². The van der Waals surface area contributed by atoms with Gasteiger partial charge in [0.15, 0.2) is 11.0 Å². The number of ether oxygens (including phenoxy) is 1. The van der Waals surface area contributed by atoms with Crippen molar-refractivity contribution in [2.45, 2.75) is 37.7 Å². The minimum Gasteiger partial charge on any atom is -0.497 e. The molecular formula is C22H25N5O3S. The van der Waals surface area contributed by atoms with Crippen molar-refractivity contribution < 1.29 is 14.3 Å². The molecule has 3 rings (SSSR count). The zero-order chi connectivity index (χ0) is 22.4. The van der Waals surface area contributed by atoms with E-state index in [2.05, 4.69) is 20.8 Å². The van der Waals surface area contributed by atoms with Crippen molar-refractivity contribution in [2.24, 2.45) is 0 Å². The second-order valence-corrected chi connectivity index (χ2v) is 8.09. The maximum atomic E-state index is 12.7. The molecule has 1 aromatic heterocycles. The molecular weight excluding hydrogens is 414 g/mol. The monoisotopic (exact) mass is 439 g/mol. The lowest BCUT2D eigenvalue weighted by molar-refractivity contribution is -0.115. The van der Waals surface area contributed by atoms with Gasteiger partial charge < -0.3 is 19.9 Å². The van der Waals surface area contributed by atoms with E-state index < -0.39 is 0 Å². The highest BCUT2D eigenvalue weighted by Crippen LogP contribution is 2.28. The maximum absolute atomic E-state index is 12.7. The predicted molar refractivity (Wildman–Crippen MR) is 122 cm³/mol. The standard InChI is InChI=1S/C22H25N5O3S/c1-5-27-20(16-6-12-19(30-4)13-7-16)25-26-22(27)31-14(2)21(29)24-18-10-8-17(9-11-18)23-15(3)28/h6-14H,5H2,1-4H3,(H,23,28)(H,24,29)/t14-/m0/s1. The minimum atomic E-state index is -0.381. The van der Waals surface area contributed by atoms with Crippen LogP contribution in [0.2, 0.25) is 0 Å². The number of rotatable bonds is 8. The largest absolute Gasteiger partial charge is 0.497 e. The number of carbonyl (C=O) groups is 2. The molecule has 8 nitrogen and oxygen atoms in total. The summed E-state index contributed by atoms with van der Waals surface area (Å²) in [7, 11) is 1.63. The molecule has 0 saturated carbocycles. The van der Waals surface area contributed by atoms with Crippen molar-refractivity contribution in [3.63, 3.8) is 0 Å². The van der Waals surface area contributed by atoms with Crippen molar-refractivity contribution in [3.05, 3.63) is 48.5 Å². The first-order valence-electron chi connectivity index (χ1n) is 9.84. The summed E-state index contributed by atoms with van der Waals surface area (Å²) in [6.45, 7) is 5.97. The average Bonchev–Trinajstić information content (AvgIpc) is 3.17. The summed E-state index contributed by atoms with van der Waals surface area (Å²) in [5.74, 6) is 1.23. The van der Waals surface area contributed by atoms with Gasteiger partial charge in [-0.3, -0.25) is 9.59 Å². The molecule has 162 valence electrons. The van der Waals surface area contributed by atoms with E-state index in [1.54, 1.807) is 31.4 Å². The fourth-order valence-electron chi connectivity index (χ4n) is 2.91. The van der Waals surface area contributed by atoms with Crippen LogP contribution in [0, 0.1) is 0 Å². The van der Waals surface area contributed by atoms with Gasteiger partial charge in [-0.1, -0.05) is 11.8 Å². The molecule has 1 heterocycles. The lowest BCUT2D eigenvalue weighted by atomic mass is 10.2. The Morgan fingerprint density at radius 1 is 1.03 bits per heavy atom. The number of hydrogen-bond donors (Lipinski definition) is 2. The Morgan fingerprint density at radius 2 is 1.65 bits per heavy atom. The number of thioether (sulfide) groups is 1. The molecule has 0 saturated heterocycles. The van der Waals surface area contributed by atoms with Gasteiger partial charge in [0.1, 0.15) is 5.75 Å². The van der Waals surface area contributed by atoms with E-state index in [-0.39, 0.29) is 17.1 Å². The van der Waals surface area contributed by atoms with Crippen LogP contribution in [0.4, 0.5) is 11.4 Å². The summed E-state index contributed by atoms with van der Waals surface area (Å²) in [5.41, 5.74) is 2.26. The number of hydrogen-bond acceptors (Lipinski definition) is 6. The van der Waals surface area contributed by atoms with Crippen LogP contribution in [-0.4, -0.2) is 38.9 Å². The summed E-state index contributed by atoms with van der Waals surface area (Å²) in [6, 6.07) is 14.6. The van der Waals surface area contributed by atoms with E-state index in [0.717, 1.165) is 17.1 Å². The van der Waals surface area contributed by atoms with Gasteiger partial charge >= 0.3 is 0 Å². The van der Waals surface area contributed by atoms with Crippen molar-refractivity contribution in [1.82, 2.24) is 14.8 Å². The van der Waals surface area contributed by atoms with E-state index in [0.29, 0.717) is 23.1 Å². The van der Waals surface area contributed by atoms with E-state index in [9.17, 15) is 9.59 Å². The van der Waals surface area contributed by atoms with E-state index in [1.807, 2.05) is 42.7 Å². The zero-order valence-corrected chi connectivity index (χ0v) is 18.7. The van der Waals surface area contributed by atoms with E-state index in [1.165, 1.54) is 18.7 Å². The molecule has 2 aromatic carbocycles. The third kappa shape index (κ3) is 5.64. The third-order valence-corrected chi connectivity index (χ3v) is 5.59. The molecule has 31 heavy (non-hydrogen) atoms. The van der Waals surface area contributed by atoms with Gasteiger partial charge in [0.25, 0.3) is 0 Å². The number of aromatic nitrogens is 3. The summed E-state index contributed by atoms with van der Waals surface area (Å²) < 4.78 is 7.19. The van der Waals surface area contributed by atoms with Crippen LogP contribution in [0.3, 0.4) is 0 Å². The molecule has 3 aromatic rings. The summed E-state index contributed by atoms with van der Waals surface area (Å²) in [4.78, 5) is 23.8. The zero-order valence-electron chi connectivity index (χ0n) is 17.9. The smallest absolute Gasteiger partial charge is 0.237 e. The number of nitrogens with zero attached hydrogens (tertiary/aromatic N) is 3. The molecule has 9 heteroatoms. The second kappa shape index (κ2) is 10.1. The highest BCUT2D eigenvalue weighted by molar-refractivity contribution is 8.00. The van der Waals surface area contributed by atoms with Gasteiger partial charge in [0.2, 0.25) is 11.8 Å². The quantitative estimate of drug-likeness (QED) is 0.514. The highest BCUT2D eigenvalue weighted by Gasteiger charge is 2.20. The van der Waals surface area contributed by atoms with E-state index >= 15 is 0 Å². The third-order valence-electron chi connectivity index (χ3n) is 4.51. The van der Waals surface area contributed by atoms with Crippen LogP contribution in [0.1, 0.15) is 20.8 Å². The van der Waals surface area contributed by atoms with Crippen molar-refractivity contribution in [3.8, 4) is 17.1 Å². The fourth-order valence-corrected chi connectivity index (χ4v) is 3.82. The van der Waals surface area contributed by atoms with Gasteiger partial charge in [0, 0.05) is 30.4 Å². The van der Waals surface area contributed by atoms with Crippen LogP contribution in [0.15, 0.2) is 53.7 Å².